The van der Waals surface area contributed by atoms with E-state index in [-0.39, 0.29) is 5.82 Å². The Labute approximate surface area is 103 Å². The molecule has 0 amide bonds. The van der Waals surface area contributed by atoms with Gasteiger partial charge < -0.3 is 4.90 Å². The number of benzene rings is 1. The lowest BCUT2D eigenvalue weighted by Crippen LogP contribution is -2.19. The monoisotopic (exact) mass is 249 g/mol. The van der Waals surface area contributed by atoms with Gasteiger partial charge in [-0.1, -0.05) is 0 Å². The fraction of sp³-hybridized carbons (Fsp3) is 0.308. The van der Waals surface area contributed by atoms with Crippen LogP contribution >= 0.6 is 11.3 Å². The second-order valence-electron chi connectivity index (χ2n) is 4.45. The Hall–Kier alpha value is -1.26. The second kappa shape index (κ2) is 3.89. The molecule has 1 aromatic heterocycles. The third-order valence-electron chi connectivity index (χ3n) is 3.32. The number of hydrogen-bond donors (Lipinski definition) is 0. The number of thiophene rings is 1. The number of nitrogens with zero attached hydrogens (tertiary/aromatic N) is 1. The summed E-state index contributed by atoms with van der Waals surface area (Å²) in [7, 11) is 2.00. The first-order chi connectivity index (χ1) is 8.20. The van der Waals surface area contributed by atoms with Crippen molar-refractivity contribution in [2.75, 3.05) is 13.6 Å². The van der Waals surface area contributed by atoms with Crippen LogP contribution < -0.4 is 0 Å². The van der Waals surface area contributed by atoms with Gasteiger partial charge in [-0.15, -0.1) is 11.3 Å². The Kier molecular flexibility index (Phi) is 2.49. The van der Waals surface area contributed by atoms with Crippen LogP contribution in [0.25, 0.3) is 10.1 Å². The highest BCUT2D eigenvalue weighted by Crippen LogP contribution is 2.36. The third-order valence-corrected chi connectivity index (χ3v) is 4.44. The van der Waals surface area contributed by atoms with Gasteiger partial charge in [0.25, 0.3) is 0 Å². The number of halogens is 1. The first-order valence-electron chi connectivity index (χ1n) is 5.57. The van der Waals surface area contributed by atoms with Crippen molar-refractivity contribution >= 4 is 27.7 Å². The molecule has 0 radical (unpaired) electrons. The van der Waals surface area contributed by atoms with Crippen LogP contribution in [0.2, 0.25) is 0 Å². The first-order valence-corrected chi connectivity index (χ1v) is 6.39. The molecule has 3 rings (SSSR count). The zero-order valence-corrected chi connectivity index (χ0v) is 10.3. The summed E-state index contributed by atoms with van der Waals surface area (Å²) in [6.07, 6.45) is 1.60. The number of carbonyl (C=O) groups excluding carboxylic acids is 1. The molecule has 0 N–H and O–H groups in total. The number of aldehydes is 1. The maximum absolute atomic E-state index is 13.9. The van der Waals surface area contributed by atoms with E-state index in [1.165, 1.54) is 17.4 Å². The molecule has 0 fully saturated rings. The molecule has 0 spiro atoms. The molecule has 1 aliphatic heterocycles. The van der Waals surface area contributed by atoms with Crippen molar-refractivity contribution in [3.05, 3.63) is 34.0 Å². The highest BCUT2D eigenvalue weighted by atomic mass is 32.1. The molecule has 2 nitrogen and oxygen atoms in total. The van der Waals surface area contributed by atoms with Crippen molar-refractivity contribution in [3.63, 3.8) is 0 Å². The fourth-order valence-electron chi connectivity index (χ4n) is 2.47. The Balaban J connectivity index is 2.39. The van der Waals surface area contributed by atoms with Gasteiger partial charge in [0.05, 0.1) is 4.88 Å². The predicted octanol–water partition coefficient (Wildman–Crippen LogP) is 2.84. The zero-order chi connectivity index (χ0) is 12.0. The molecule has 0 saturated heterocycles. The molecule has 0 unspecified atom stereocenters. The quantitative estimate of drug-likeness (QED) is 0.724. The molecule has 0 bridgehead atoms. The number of rotatable bonds is 1. The van der Waals surface area contributed by atoms with Crippen LogP contribution in [0, 0.1) is 5.82 Å². The van der Waals surface area contributed by atoms with Crippen molar-refractivity contribution in [3.8, 4) is 0 Å². The Morgan fingerprint density at radius 3 is 3.00 bits per heavy atom. The Morgan fingerprint density at radius 2 is 2.24 bits per heavy atom. The minimum atomic E-state index is -0.149. The molecular formula is C13H12FNOS. The van der Waals surface area contributed by atoms with Crippen LogP contribution in [0.3, 0.4) is 0 Å². The van der Waals surface area contributed by atoms with E-state index in [1.807, 2.05) is 7.05 Å². The number of hydrogen-bond acceptors (Lipinski definition) is 3. The van der Waals surface area contributed by atoms with Gasteiger partial charge in [-0.2, -0.15) is 0 Å². The van der Waals surface area contributed by atoms with Gasteiger partial charge in [0.2, 0.25) is 0 Å². The van der Waals surface area contributed by atoms with E-state index in [2.05, 4.69) is 4.90 Å². The minimum Gasteiger partial charge on any atom is -0.302 e. The molecule has 4 heteroatoms. The molecule has 17 heavy (non-hydrogen) atoms. The summed E-state index contributed by atoms with van der Waals surface area (Å²) < 4.78 is 14.9. The number of carbonyl (C=O) groups is 1. The summed E-state index contributed by atoms with van der Waals surface area (Å²) in [4.78, 5) is 14.0. The second-order valence-corrected chi connectivity index (χ2v) is 5.53. The molecule has 2 aromatic rings. The standard InChI is InChI=1S/C13H12FNOS/c1-15-5-4-8-10(14)2-3-11-13(8)9(6-15)12(7-16)17-11/h2-3,7H,4-6H2,1H3. The normalized spacial score (nSPS) is 16.1. The number of likely N-dealkylation sites (N-methyl/N-ethyl adjacent to an activating group) is 1. The van der Waals surface area contributed by atoms with Gasteiger partial charge in [-0.05, 0) is 36.7 Å². The molecule has 0 saturated carbocycles. The van der Waals surface area contributed by atoms with Gasteiger partial charge in [-0.3, -0.25) is 4.79 Å². The van der Waals surface area contributed by atoms with Gasteiger partial charge >= 0.3 is 0 Å². The average molecular weight is 249 g/mol. The topological polar surface area (TPSA) is 20.3 Å². The van der Waals surface area contributed by atoms with Crippen LogP contribution in [0.5, 0.6) is 0 Å². The van der Waals surface area contributed by atoms with E-state index < -0.39 is 0 Å². The minimum absolute atomic E-state index is 0.149. The van der Waals surface area contributed by atoms with Crippen LogP contribution in [0.4, 0.5) is 4.39 Å². The van der Waals surface area contributed by atoms with Crippen LogP contribution in [0.1, 0.15) is 20.8 Å². The maximum Gasteiger partial charge on any atom is 0.160 e. The smallest absolute Gasteiger partial charge is 0.160 e. The molecule has 0 atom stereocenters. The van der Waals surface area contributed by atoms with Gasteiger partial charge in [0.1, 0.15) is 5.82 Å². The fourth-order valence-corrected chi connectivity index (χ4v) is 3.53. The molecule has 0 aliphatic carbocycles. The summed E-state index contributed by atoms with van der Waals surface area (Å²) in [6, 6.07) is 3.29. The highest BCUT2D eigenvalue weighted by Gasteiger charge is 2.21. The van der Waals surface area contributed by atoms with Crippen molar-refractivity contribution < 1.29 is 9.18 Å². The first kappa shape index (κ1) is 10.9. The van der Waals surface area contributed by atoms with E-state index in [1.54, 1.807) is 6.07 Å². The van der Waals surface area contributed by atoms with Crippen molar-refractivity contribution in [1.82, 2.24) is 4.90 Å². The molecule has 2 heterocycles. The summed E-state index contributed by atoms with van der Waals surface area (Å²) in [5, 5.41) is 0.974. The van der Waals surface area contributed by atoms with Crippen LogP contribution in [-0.4, -0.2) is 24.8 Å². The maximum atomic E-state index is 13.9. The average Bonchev–Trinajstić information content (AvgIpc) is 2.56. The summed E-state index contributed by atoms with van der Waals surface area (Å²) in [5.41, 5.74) is 1.76. The summed E-state index contributed by atoms with van der Waals surface area (Å²) in [6.45, 7) is 1.55. The van der Waals surface area contributed by atoms with E-state index >= 15 is 0 Å². The van der Waals surface area contributed by atoms with Crippen LogP contribution in [0.15, 0.2) is 12.1 Å². The van der Waals surface area contributed by atoms with Crippen LogP contribution in [-0.2, 0) is 13.0 Å². The van der Waals surface area contributed by atoms with E-state index in [0.29, 0.717) is 6.42 Å². The van der Waals surface area contributed by atoms with Crippen molar-refractivity contribution in [1.29, 1.82) is 0 Å². The lowest BCUT2D eigenvalue weighted by atomic mass is 10.0. The lowest BCUT2D eigenvalue weighted by Gasteiger charge is -2.12. The van der Waals surface area contributed by atoms with Crippen molar-refractivity contribution in [2.45, 2.75) is 13.0 Å². The van der Waals surface area contributed by atoms with Gasteiger partial charge in [0.15, 0.2) is 6.29 Å². The van der Waals surface area contributed by atoms with E-state index in [4.69, 9.17) is 0 Å². The molecule has 1 aromatic carbocycles. The van der Waals surface area contributed by atoms with E-state index in [9.17, 15) is 9.18 Å². The lowest BCUT2D eigenvalue weighted by molar-refractivity contribution is 0.112. The van der Waals surface area contributed by atoms with Gasteiger partial charge in [0, 0.05) is 23.2 Å². The molecule has 88 valence electrons. The highest BCUT2D eigenvalue weighted by molar-refractivity contribution is 7.20. The summed E-state index contributed by atoms with van der Waals surface area (Å²) >= 11 is 1.46. The van der Waals surface area contributed by atoms with Crippen molar-refractivity contribution in [2.24, 2.45) is 0 Å². The van der Waals surface area contributed by atoms with E-state index in [0.717, 1.165) is 45.5 Å². The Bertz CT molecular complexity index is 605. The predicted molar refractivity (Wildman–Crippen MR) is 67.2 cm³/mol. The molecule has 1 aliphatic rings. The van der Waals surface area contributed by atoms with Gasteiger partial charge in [-0.25, -0.2) is 4.39 Å². The largest absolute Gasteiger partial charge is 0.302 e. The molecular weight excluding hydrogens is 237 g/mol. The summed E-state index contributed by atoms with van der Waals surface area (Å²) in [5.74, 6) is -0.149. The third kappa shape index (κ3) is 1.59. The zero-order valence-electron chi connectivity index (χ0n) is 9.50. The Morgan fingerprint density at radius 1 is 1.41 bits per heavy atom. The SMILES string of the molecule is CN1CCc2c(F)ccc3sc(C=O)c(c23)C1.